The maximum atomic E-state index is 12.8. The molecule has 3 rings (SSSR count). The normalized spacial score (nSPS) is 19.6. The number of nitrogens with zero attached hydrogens (tertiary/aromatic N) is 1. The molecule has 3 nitrogen and oxygen atoms in total. The maximum Gasteiger partial charge on any atom is 0.179 e. The van der Waals surface area contributed by atoms with E-state index in [1.807, 2.05) is 18.2 Å². The topological polar surface area (TPSA) is 29.5 Å². The van der Waals surface area contributed by atoms with E-state index in [0.717, 1.165) is 50.3 Å². The van der Waals surface area contributed by atoms with Crippen LogP contribution < -0.4 is 4.74 Å². The Morgan fingerprint density at radius 3 is 2.90 bits per heavy atom. The minimum Gasteiger partial charge on any atom is -0.493 e. The molecule has 1 aromatic rings. The van der Waals surface area contributed by atoms with Gasteiger partial charge in [-0.1, -0.05) is 13.3 Å². The minimum atomic E-state index is 0.0721. The largest absolute Gasteiger partial charge is 0.493 e. The summed E-state index contributed by atoms with van der Waals surface area (Å²) in [6.07, 6.45) is 5.41. The zero-order valence-corrected chi connectivity index (χ0v) is 12.2. The van der Waals surface area contributed by atoms with Gasteiger partial charge in [0.1, 0.15) is 5.75 Å². The number of ketones is 1. The van der Waals surface area contributed by atoms with Crippen LogP contribution in [0.25, 0.3) is 0 Å². The highest BCUT2D eigenvalue weighted by Crippen LogP contribution is 2.27. The smallest absolute Gasteiger partial charge is 0.179 e. The first-order valence-electron chi connectivity index (χ1n) is 7.83. The second kappa shape index (κ2) is 5.96. The standard InChI is InChI=1S/C17H23NO2/c1-2-5-15(18-9-3-4-10-18)17(19)14-6-7-16-13(12-14)8-11-20-16/h6-7,12,15H,2-5,8-11H2,1H3. The minimum absolute atomic E-state index is 0.0721. The molecule has 0 radical (unpaired) electrons. The Morgan fingerprint density at radius 2 is 2.15 bits per heavy atom. The van der Waals surface area contributed by atoms with Crippen LogP contribution in [0.2, 0.25) is 0 Å². The summed E-state index contributed by atoms with van der Waals surface area (Å²) in [5, 5.41) is 0. The number of carbonyl (C=O) groups excluding carboxylic acids is 1. The van der Waals surface area contributed by atoms with Crippen LogP contribution in [0.4, 0.5) is 0 Å². The molecule has 108 valence electrons. The summed E-state index contributed by atoms with van der Waals surface area (Å²) in [7, 11) is 0. The molecule has 1 unspecified atom stereocenters. The Labute approximate surface area is 120 Å². The van der Waals surface area contributed by atoms with Crippen molar-refractivity contribution in [3.63, 3.8) is 0 Å². The Balaban J connectivity index is 1.81. The number of hydrogen-bond acceptors (Lipinski definition) is 3. The molecule has 0 aliphatic carbocycles. The number of carbonyl (C=O) groups is 1. The van der Waals surface area contributed by atoms with Crippen molar-refractivity contribution in [3.8, 4) is 5.75 Å². The molecule has 0 spiro atoms. The van der Waals surface area contributed by atoms with Gasteiger partial charge in [-0.05, 0) is 56.1 Å². The van der Waals surface area contributed by atoms with Gasteiger partial charge in [-0.15, -0.1) is 0 Å². The fraction of sp³-hybridized carbons (Fsp3) is 0.588. The molecular formula is C17H23NO2. The van der Waals surface area contributed by atoms with Gasteiger partial charge in [-0.2, -0.15) is 0 Å². The van der Waals surface area contributed by atoms with Crippen LogP contribution in [0, 0.1) is 0 Å². The van der Waals surface area contributed by atoms with Crippen molar-refractivity contribution in [2.45, 2.75) is 45.1 Å². The molecule has 1 aromatic carbocycles. The third kappa shape index (κ3) is 2.59. The first-order chi connectivity index (χ1) is 9.79. The van der Waals surface area contributed by atoms with Gasteiger partial charge in [-0.3, -0.25) is 9.69 Å². The van der Waals surface area contributed by atoms with E-state index in [-0.39, 0.29) is 6.04 Å². The summed E-state index contributed by atoms with van der Waals surface area (Å²) in [6.45, 7) is 5.05. The van der Waals surface area contributed by atoms with Crippen LogP contribution in [0.5, 0.6) is 5.75 Å². The van der Waals surface area contributed by atoms with Crippen LogP contribution in [0.3, 0.4) is 0 Å². The first kappa shape index (κ1) is 13.6. The second-order valence-corrected chi connectivity index (χ2v) is 5.83. The number of benzene rings is 1. The summed E-state index contributed by atoms with van der Waals surface area (Å²) >= 11 is 0. The maximum absolute atomic E-state index is 12.8. The highest BCUT2D eigenvalue weighted by Gasteiger charge is 2.28. The van der Waals surface area contributed by atoms with Gasteiger partial charge in [0, 0.05) is 12.0 Å². The lowest BCUT2D eigenvalue weighted by Crippen LogP contribution is -2.39. The number of likely N-dealkylation sites (tertiary alicyclic amines) is 1. The number of Topliss-reactive ketones (excluding diaryl/α,β-unsaturated/α-hetero) is 1. The predicted octanol–water partition coefficient (Wildman–Crippen LogP) is 3.07. The quantitative estimate of drug-likeness (QED) is 0.772. The molecular weight excluding hydrogens is 250 g/mol. The molecule has 20 heavy (non-hydrogen) atoms. The average molecular weight is 273 g/mol. The van der Waals surface area contributed by atoms with Crippen LogP contribution in [-0.2, 0) is 6.42 Å². The van der Waals surface area contributed by atoms with E-state index in [1.165, 1.54) is 18.4 Å². The molecule has 1 atom stereocenters. The highest BCUT2D eigenvalue weighted by atomic mass is 16.5. The van der Waals surface area contributed by atoms with Gasteiger partial charge >= 0.3 is 0 Å². The molecule has 0 aromatic heterocycles. The van der Waals surface area contributed by atoms with Crippen LogP contribution >= 0.6 is 0 Å². The molecule has 2 aliphatic rings. The van der Waals surface area contributed by atoms with Crippen molar-refractivity contribution in [2.24, 2.45) is 0 Å². The van der Waals surface area contributed by atoms with Gasteiger partial charge in [-0.25, -0.2) is 0 Å². The number of fused-ring (bicyclic) bond motifs is 1. The van der Waals surface area contributed by atoms with Gasteiger partial charge in [0.15, 0.2) is 5.78 Å². The highest BCUT2D eigenvalue weighted by molar-refractivity contribution is 6.00. The number of hydrogen-bond donors (Lipinski definition) is 0. The summed E-state index contributed by atoms with van der Waals surface area (Å²) < 4.78 is 5.52. The van der Waals surface area contributed by atoms with Crippen LogP contribution in [-0.4, -0.2) is 36.4 Å². The Kier molecular flexibility index (Phi) is 4.06. The molecule has 3 heteroatoms. The molecule has 2 aliphatic heterocycles. The lowest BCUT2D eigenvalue weighted by atomic mass is 9.97. The fourth-order valence-corrected chi connectivity index (χ4v) is 3.34. The zero-order valence-electron chi connectivity index (χ0n) is 12.2. The van der Waals surface area contributed by atoms with E-state index in [0.29, 0.717) is 5.78 Å². The monoisotopic (exact) mass is 273 g/mol. The second-order valence-electron chi connectivity index (χ2n) is 5.83. The summed E-state index contributed by atoms with van der Waals surface area (Å²) in [5.41, 5.74) is 2.05. The summed E-state index contributed by atoms with van der Waals surface area (Å²) in [5.74, 6) is 1.25. The molecule has 2 heterocycles. The van der Waals surface area contributed by atoms with E-state index in [9.17, 15) is 4.79 Å². The Hall–Kier alpha value is -1.35. The Morgan fingerprint density at radius 1 is 1.35 bits per heavy atom. The Bertz CT molecular complexity index is 492. The molecule has 1 saturated heterocycles. The van der Waals surface area contributed by atoms with Crippen molar-refractivity contribution >= 4 is 5.78 Å². The van der Waals surface area contributed by atoms with E-state index < -0.39 is 0 Å². The van der Waals surface area contributed by atoms with Gasteiger partial charge < -0.3 is 4.74 Å². The lowest BCUT2D eigenvalue weighted by Gasteiger charge is -2.26. The predicted molar refractivity (Wildman–Crippen MR) is 79.5 cm³/mol. The van der Waals surface area contributed by atoms with E-state index >= 15 is 0 Å². The molecule has 1 fully saturated rings. The average Bonchev–Trinajstić information content (AvgIpc) is 3.13. The fourth-order valence-electron chi connectivity index (χ4n) is 3.34. The van der Waals surface area contributed by atoms with E-state index in [1.54, 1.807) is 0 Å². The SMILES string of the molecule is CCCC(C(=O)c1ccc2c(c1)CCO2)N1CCCC1. The summed E-state index contributed by atoms with van der Waals surface area (Å²) in [4.78, 5) is 15.2. The van der Waals surface area contributed by atoms with Gasteiger partial charge in [0.25, 0.3) is 0 Å². The zero-order chi connectivity index (χ0) is 13.9. The molecule has 0 amide bonds. The van der Waals surface area contributed by atoms with Crippen LogP contribution in [0.1, 0.15) is 48.5 Å². The van der Waals surface area contributed by atoms with Crippen molar-refractivity contribution in [1.82, 2.24) is 4.90 Å². The van der Waals surface area contributed by atoms with Gasteiger partial charge in [0.2, 0.25) is 0 Å². The third-order valence-electron chi connectivity index (χ3n) is 4.42. The summed E-state index contributed by atoms with van der Waals surface area (Å²) in [6, 6.07) is 6.01. The van der Waals surface area contributed by atoms with Crippen molar-refractivity contribution < 1.29 is 9.53 Å². The molecule has 0 saturated carbocycles. The van der Waals surface area contributed by atoms with Gasteiger partial charge in [0.05, 0.1) is 12.6 Å². The number of ether oxygens (including phenoxy) is 1. The lowest BCUT2D eigenvalue weighted by molar-refractivity contribution is 0.0837. The first-order valence-corrected chi connectivity index (χ1v) is 7.83. The van der Waals surface area contributed by atoms with E-state index in [2.05, 4.69) is 11.8 Å². The molecule has 0 N–H and O–H groups in total. The number of rotatable bonds is 5. The van der Waals surface area contributed by atoms with Crippen LogP contribution in [0.15, 0.2) is 18.2 Å². The van der Waals surface area contributed by atoms with Crippen molar-refractivity contribution in [1.29, 1.82) is 0 Å². The van der Waals surface area contributed by atoms with Crippen molar-refractivity contribution in [2.75, 3.05) is 19.7 Å². The third-order valence-corrected chi connectivity index (χ3v) is 4.42. The van der Waals surface area contributed by atoms with Crippen molar-refractivity contribution in [3.05, 3.63) is 29.3 Å². The van der Waals surface area contributed by atoms with E-state index in [4.69, 9.17) is 4.74 Å². The molecule has 0 bridgehead atoms.